The molecule has 0 unspecified atom stereocenters. The van der Waals surface area contributed by atoms with E-state index in [9.17, 15) is 5.26 Å². The molecule has 3 aromatic heterocycles. The summed E-state index contributed by atoms with van der Waals surface area (Å²) < 4.78 is 9.54. The maximum Gasteiger partial charge on any atom is 0.237 e. The molecular formula is C24H19ClN8O. The van der Waals surface area contributed by atoms with E-state index in [0.717, 1.165) is 35.2 Å². The fourth-order valence-corrected chi connectivity index (χ4v) is 4.48. The average molecular weight is 471 g/mol. The predicted octanol–water partition coefficient (Wildman–Crippen LogP) is 4.79. The molecule has 5 aromatic rings. The molecule has 2 aromatic carbocycles. The molecule has 0 atom stereocenters. The van der Waals surface area contributed by atoms with E-state index in [1.165, 1.54) is 0 Å². The van der Waals surface area contributed by atoms with Crippen molar-refractivity contribution in [3.8, 4) is 12.0 Å². The molecule has 1 aliphatic heterocycles. The van der Waals surface area contributed by atoms with Crippen LogP contribution >= 0.6 is 11.6 Å². The molecule has 34 heavy (non-hydrogen) atoms. The van der Waals surface area contributed by atoms with Gasteiger partial charge in [-0.15, -0.1) is 0 Å². The van der Waals surface area contributed by atoms with Crippen molar-refractivity contribution < 1.29 is 4.74 Å². The number of hydrogen-bond donors (Lipinski definition) is 1. The highest BCUT2D eigenvalue weighted by atomic mass is 35.5. The lowest BCUT2D eigenvalue weighted by Crippen LogP contribution is -2.21. The van der Waals surface area contributed by atoms with Crippen LogP contribution in [0.4, 0.5) is 11.6 Å². The number of benzene rings is 2. The molecule has 1 aliphatic rings. The highest BCUT2D eigenvalue weighted by Gasteiger charge is 2.24. The molecule has 4 heterocycles. The topological polar surface area (TPSA) is 106 Å². The van der Waals surface area contributed by atoms with Gasteiger partial charge < -0.3 is 10.1 Å². The van der Waals surface area contributed by atoms with E-state index in [4.69, 9.17) is 26.3 Å². The van der Waals surface area contributed by atoms with Crippen molar-refractivity contribution in [2.24, 2.45) is 0 Å². The number of imidazole rings is 2. The summed E-state index contributed by atoms with van der Waals surface area (Å²) in [6.45, 7) is 1.35. The third kappa shape index (κ3) is 3.63. The van der Waals surface area contributed by atoms with E-state index >= 15 is 0 Å². The number of ether oxygens (including phenoxy) is 1. The van der Waals surface area contributed by atoms with Gasteiger partial charge in [0.25, 0.3) is 0 Å². The van der Waals surface area contributed by atoms with Gasteiger partial charge in [0.05, 0.1) is 28.9 Å². The van der Waals surface area contributed by atoms with Gasteiger partial charge in [-0.3, -0.25) is 9.13 Å². The molecule has 1 N–H and O–H groups in total. The van der Waals surface area contributed by atoms with Gasteiger partial charge in [0, 0.05) is 30.0 Å². The zero-order chi connectivity index (χ0) is 23.1. The zero-order valence-electron chi connectivity index (χ0n) is 18.0. The Bertz CT molecular complexity index is 1560. The maximum absolute atomic E-state index is 9.27. The summed E-state index contributed by atoms with van der Waals surface area (Å²) in [4.78, 5) is 18.7. The molecule has 10 heteroatoms. The Morgan fingerprint density at radius 3 is 2.79 bits per heavy atom. The Balaban J connectivity index is 1.49. The van der Waals surface area contributed by atoms with Crippen LogP contribution in [0.15, 0.2) is 55.0 Å². The summed E-state index contributed by atoms with van der Waals surface area (Å²) in [5, 5.41) is 13.3. The van der Waals surface area contributed by atoms with Gasteiger partial charge in [-0.05, 0) is 49.2 Å². The van der Waals surface area contributed by atoms with Crippen molar-refractivity contribution >= 4 is 45.4 Å². The second-order valence-corrected chi connectivity index (χ2v) is 8.53. The number of anilines is 2. The summed E-state index contributed by atoms with van der Waals surface area (Å²) in [5.41, 5.74) is 4.40. The summed E-state index contributed by atoms with van der Waals surface area (Å²) in [6.07, 6.45) is 5.12. The van der Waals surface area contributed by atoms with Crippen LogP contribution in [0.2, 0.25) is 5.02 Å². The van der Waals surface area contributed by atoms with Crippen LogP contribution in [0.1, 0.15) is 24.4 Å². The second-order valence-electron chi connectivity index (χ2n) is 8.09. The first kappa shape index (κ1) is 20.6. The molecule has 0 amide bonds. The van der Waals surface area contributed by atoms with Crippen LogP contribution in [0.5, 0.6) is 0 Å². The normalized spacial score (nSPS) is 14.5. The minimum Gasteiger partial charge on any atom is -0.381 e. The third-order valence-electron chi connectivity index (χ3n) is 5.95. The molecule has 0 radical (unpaired) electrons. The smallest absolute Gasteiger partial charge is 0.237 e. The summed E-state index contributed by atoms with van der Waals surface area (Å²) in [6, 6.07) is 15.2. The van der Waals surface area contributed by atoms with Gasteiger partial charge in [-0.2, -0.15) is 10.2 Å². The van der Waals surface area contributed by atoms with Crippen LogP contribution in [0.3, 0.4) is 0 Å². The number of nitriles is 1. The predicted molar refractivity (Wildman–Crippen MR) is 128 cm³/mol. The van der Waals surface area contributed by atoms with E-state index in [1.54, 1.807) is 24.7 Å². The van der Waals surface area contributed by atoms with E-state index in [-0.39, 0.29) is 6.04 Å². The average Bonchev–Trinajstić information content (AvgIpc) is 3.44. The lowest BCUT2D eigenvalue weighted by molar-refractivity contribution is 0.0710. The summed E-state index contributed by atoms with van der Waals surface area (Å²) in [5.74, 6) is 1.14. The van der Waals surface area contributed by atoms with Crippen molar-refractivity contribution in [1.29, 1.82) is 5.26 Å². The van der Waals surface area contributed by atoms with Crippen LogP contribution in [0, 0.1) is 11.3 Å². The van der Waals surface area contributed by atoms with E-state index in [2.05, 4.69) is 25.9 Å². The fourth-order valence-electron chi connectivity index (χ4n) is 4.31. The minimum absolute atomic E-state index is 0.164. The number of hydrogen-bond acceptors (Lipinski definition) is 7. The van der Waals surface area contributed by atoms with Gasteiger partial charge in [-0.1, -0.05) is 17.7 Å². The molecule has 168 valence electrons. The Morgan fingerprint density at radius 2 is 1.94 bits per heavy atom. The minimum atomic E-state index is 0.164. The first-order valence-electron chi connectivity index (χ1n) is 10.9. The monoisotopic (exact) mass is 470 g/mol. The van der Waals surface area contributed by atoms with Crippen LogP contribution < -0.4 is 5.32 Å². The number of aromatic nitrogens is 6. The molecule has 0 spiro atoms. The number of halogens is 1. The van der Waals surface area contributed by atoms with E-state index in [1.807, 2.05) is 34.9 Å². The van der Waals surface area contributed by atoms with Crippen molar-refractivity contribution in [2.45, 2.75) is 18.9 Å². The molecule has 9 nitrogen and oxygen atoms in total. The van der Waals surface area contributed by atoms with E-state index in [0.29, 0.717) is 41.2 Å². The fraction of sp³-hybridized carbons (Fsp3) is 0.208. The van der Waals surface area contributed by atoms with Gasteiger partial charge in [0.15, 0.2) is 5.65 Å². The molecule has 0 bridgehead atoms. The number of rotatable bonds is 4. The lowest BCUT2D eigenvalue weighted by Gasteiger charge is -2.25. The Labute approximate surface area is 199 Å². The van der Waals surface area contributed by atoms with Crippen molar-refractivity contribution in [3.63, 3.8) is 0 Å². The quantitative estimate of drug-likeness (QED) is 0.402. The largest absolute Gasteiger partial charge is 0.381 e. The third-order valence-corrected chi connectivity index (χ3v) is 6.18. The Kier molecular flexibility index (Phi) is 5.09. The molecular weight excluding hydrogens is 452 g/mol. The van der Waals surface area contributed by atoms with Crippen molar-refractivity contribution in [1.82, 2.24) is 29.1 Å². The first-order valence-corrected chi connectivity index (χ1v) is 11.3. The van der Waals surface area contributed by atoms with Gasteiger partial charge in [0.2, 0.25) is 11.9 Å². The summed E-state index contributed by atoms with van der Waals surface area (Å²) >= 11 is 6.22. The Hall–Kier alpha value is -4.00. The standard InChI is InChI=1S/C24H19ClN8O/c25-16-4-5-19-21(11-16)32(14-28-19)23-27-13-20-22(31-23)33(18-6-8-34-9-7-18)24(30-20)29-17-3-1-2-15(10-17)12-26/h1-5,10-11,13-14,18H,6-9H2,(H,29,30). The lowest BCUT2D eigenvalue weighted by atomic mass is 10.1. The number of nitrogens with zero attached hydrogens (tertiary/aromatic N) is 7. The molecule has 0 aliphatic carbocycles. The maximum atomic E-state index is 9.27. The number of fused-ring (bicyclic) bond motifs is 2. The van der Waals surface area contributed by atoms with Crippen molar-refractivity contribution in [3.05, 3.63) is 65.6 Å². The second kappa shape index (κ2) is 8.41. The zero-order valence-corrected chi connectivity index (χ0v) is 18.8. The van der Waals surface area contributed by atoms with Gasteiger partial charge in [-0.25, -0.2) is 15.0 Å². The van der Waals surface area contributed by atoms with Gasteiger partial charge >= 0.3 is 0 Å². The molecule has 1 fully saturated rings. The van der Waals surface area contributed by atoms with E-state index < -0.39 is 0 Å². The summed E-state index contributed by atoms with van der Waals surface area (Å²) in [7, 11) is 0. The van der Waals surface area contributed by atoms with Crippen LogP contribution in [-0.4, -0.2) is 42.3 Å². The highest BCUT2D eigenvalue weighted by Crippen LogP contribution is 2.31. The Morgan fingerprint density at radius 1 is 1.06 bits per heavy atom. The van der Waals surface area contributed by atoms with Crippen LogP contribution in [-0.2, 0) is 4.74 Å². The highest BCUT2D eigenvalue weighted by molar-refractivity contribution is 6.31. The molecule has 6 rings (SSSR count). The van der Waals surface area contributed by atoms with Crippen LogP contribution in [0.25, 0.3) is 28.1 Å². The number of nitrogens with one attached hydrogen (secondary N) is 1. The van der Waals surface area contributed by atoms with Gasteiger partial charge in [0.1, 0.15) is 11.8 Å². The molecule has 0 saturated carbocycles. The van der Waals surface area contributed by atoms with Crippen molar-refractivity contribution in [2.75, 3.05) is 18.5 Å². The molecule has 1 saturated heterocycles. The first-order chi connectivity index (χ1) is 16.7. The SMILES string of the molecule is N#Cc1cccc(Nc2nc3cnc(-n4cnc5ccc(Cl)cc54)nc3n2C2CCOCC2)c1.